The first-order valence-corrected chi connectivity index (χ1v) is 9.47. The molecule has 1 aromatic carbocycles. The van der Waals surface area contributed by atoms with Crippen molar-refractivity contribution >= 4 is 33.7 Å². The first-order valence-electron chi connectivity index (χ1n) is 7.77. The molecule has 25 heavy (non-hydrogen) atoms. The van der Waals surface area contributed by atoms with Gasteiger partial charge in [-0.2, -0.15) is 0 Å². The van der Waals surface area contributed by atoms with E-state index in [1.165, 1.54) is 23.5 Å². The smallest absolute Gasteiger partial charge is 0.232 e. The van der Waals surface area contributed by atoms with Crippen molar-refractivity contribution in [1.29, 1.82) is 0 Å². The predicted molar refractivity (Wildman–Crippen MR) is 99.6 cm³/mol. The average Bonchev–Trinajstić information content (AvgIpc) is 3.19. The number of amides is 1. The number of hydrogen-bond acceptors (Lipinski definition) is 5. The number of aromatic nitrogens is 2. The minimum Gasteiger partial charge on any atom is -0.300 e. The Morgan fingerprint density at radius 2 is 2.08 bits per heavy atom. The molecule has 3 rings (SSSR count). The maximum atomic E-state index is 13.8. The van der Waals surface area contributed by atoms with Crippen LogP contribution in [0.15, 0.2) is 41.9 Å². The van der Waals surface area contributed by atoms with Gasteiger partial charge in [0.25, 0.3) is 0 Å². The number of carbonyl (C=O) groups is 1. The van der Waals surface area contributed by atoms with Gasteiger partial charge in [0.1, 0.15) is 11.3 Å². The monoisotopic (exact) mass is 375 g/mol. The van der Waals surface area contributed by atoms with Crippen LogP contribution < -0.4 is 5.32 Å². The van der Waals surface area contributed by atoms with E-state index in [0.29, 0.717) is 5.13 Å². The number of halogens is 1. The maximum absolute atomic E-state index is 13.8. The zero-order chi connectivity index (χ0) is 18.0. The number of hydrogen-bond donors (Lipinski definition) is 1. The van der Waals surface area contributed by atoms with Crippen LogP contribution in [0.1, 0.15) is 35.1 Å². The molecule has 1 N–H and O–H groups in total. The van der Waals surface area contributed by atoms with E-state index in [0.717, 1.165) is 15.3 Å². The van der Waals surface area contributed by atoms with Gasteiger partial charge in [-0.15, -0.1) is 21.5 Å². The largest absolute Gasteiger partial charge is 0.300 e. The molecule has 0 radical (unpaired) electrons. The molecule has 0 spiro atoms. The summed E-state index contributed by atoms with van der Waals surface area (Å²) in [4.78, 5) is 15.1. The molecule has 1 atom stereocenters. The first-order chi connectivity index (χ1) is 11.9. The Morgan fingerprint density at radius 1 is 1.28 bits per heavy atom. The molecular weight excluding hydrogens is 357 g/mol. The summed E-state index contributed by atoms with van der Waals surface area (Å²) in [7, 11) is 0. The molecule has 0 bridgehead atoms. The Morgan fingerprint density at radius 3 is 2.68 bits per heavy atom. The quantitative estimate of drug-likeness (QED) is 0.694. The predicted octanol–water partition coefficient (Wildman–Crippen LogP) is 4.84. The fourth-order valence-electron chi connectivity index (χ4n) is 2.85. The van der Waals surface area contributed by atoms with Crippen molar-refractivity contribution < 1.29 is 9.18 Å². The molecule has 0 aliphatic rings. The van der Waals surface area contributed by atoms with Gasteiger partial charge in [0, 0.05) is 15.7 Å². The van der Waals surface area contributed by atoms with Gasteiger partial charge in [0.05, 0.1) is 5.41 Å². The normalized spacial score (nSPS) is 12.8. The molecule has 2 aromatic heterocycles. The standard InChI is InChI=1S/C18H18FN3OS2/c1-11-7-8-14(25-11)15(12-5-4-6-13(19)9-12)18(2,3)16(23)21-17-22-20-10-24-17/h4-10,15H,1-3H3,(H,21,22,23). The summed E-state index contributed by atoms with van der Waals surface area (Å²) in [6.45, 7) is 5.76. The van der Waals surface area contributed by atoms with Crippen molar-refractivity contribution in [2.45, 2.75) is 26.7 Å². The Labute approximate surface area is 153 Å². The Bertz CT molecular complexity index is 874. The summed E-state index contributed by atoms with van der Waals surface area (Å²) >= 11 is 2.89. The lowest BCUT2D eigenvalue weighted by atomic mass is 9.73. The van der Waals surface area contributed by atoms with E-state index >= 15 is 0 Å². The van der Waals surface area contributed by atoms with Crippen LogP contribution in [0.25, 0.3) is 0 Å². The number of rotatable bonds is 5. The van der Waals surface area contributed by atoms with Crippen LogP contribution in [-0.4, -0.2) is 16.1 Å². The molecule has 4 nitrogen and oxygen atoms in total. The zero-order valence-electron chi connectivity index (χ0n) is 14.1. The summed E-state index contributed by atoms with van der Waals surface area (Å²) < 4.78 is 13.8. The van der Waals surface area contributed by atoms with Crippen molar-refractivity contribution in [2.24, 2.45) is 5.41 Å². The Balaban J connectivity index is 2.02. The van der Waals surface area contributed by atoms with Gasteiger partial charge in [-0.1, -0.05) is 37.3 Å². The van der Waals surface area contributed by atoms with Crippen LogP contribution in [-0.2, 0) is 4.79 Å². The minimum atomic E-state index is -0.809. The molecule has 0 aliphatic carbocycles. The molecule has 0 saturated heterocycles. The third kappa shape index (κ3) is 3.77. The lowest BCUT2D eigenvalue weighted by molar-refractivity contribution is -0.124. The molecule has 130 valence electrons. The third-order valence-electron chi connectivity index (χ3n) is 4.12. The van der Waals surface area contributed by atoms with Crippen molar-refractivity contribution in [3.05, 3.63) is 63.0 Å². The van der Waals surface area contributed by atoms with Gasteiger partial charge in [0.15, 0.2) is 0 Å². The number of thiophene rings is 1. The number of nitrogens with zero attached hydrogens (tertiary/aromatic N) is 2. The second-order valence-corrected chi connectivity index (χ2v) is 8.51. The van der Waals surface area contributed by atoms with Crippen LogP contribution in [0, 0.1) is 18.2 Å². The van der Waals surface area contributed by atoms with Gasteiger partial charge in [-0.3, -0.25) is 4.79 Å². The molecule has 2 heterocycles. The highest BCUT2D eigenvalue weighted by Crippen LogP contribution is 2.44. The van der Waals surface area contributed by atoms with Gasteiger partial charge >= 0.3 is 0 Å². The average molecular weight is 375 g/mol. The fraction of sp³-hybridized carbons (Fsp3) is 0.278. The molecule has 1 unspecified atom stereocenters. The van der Waals surface area contributed by atoms with Crippen LogP contribution in [0.2, 0.25) is 0 Å². The van der Waals surface area contributed by atoms with Crippen LogP contribution in [0.5, 0.6) is 0 Å². The van der Waals surface area contributed by atoms with Crippen LogP contribution in [0.3, 0.4) is 0 Å². The van der Waals surface area contributed by atoms with Crippen molar-refractivity contribution in [3.63, 3.8) is 0 Å². The van der Waals surface area contributed by atoms with Gasteiger partial charge in [-0.25, -0.2) is 4.39 Å². The van der Waals surface area contributed by atoms with Crippen LogP contribution in [0.4, 0.5) is 9.52 Å². The minimum absolute atomic E-state index is 0.176. The van der Waals surface area contributed by atoms with E-state index in [2.05, 4.69) is 15.5 Å². The van der Waals surface area contributed by atoms with Gasteiger partial charge in [0.2, 0.25) is 11.0 Å². The van der Waals surface area contributed by atoms with E-state index in [1.54, 1.807) is 22.9 Å². The molecule has 3 aromatic rings. The maximum Gasteiger partial charge on any atom is 0.232 e. The van der Waals surface area contributed by atoms with Crippen LogP contribution >= 0.6 is 22.7 Å². The molecule has 0 fully saturated rings. The number of carbonyl (C=O) groups excluding carboxylic acids is 1. The summed E-state index contributed by atoms with van der Waals surface area (Å²) in [5.41, 5.74) is 1.53. The van der Waals surface area contributed by atoms with Gasteiger partial charge < -0.3 is 5.32 Å². The summed E-state index contributed by atoms with van der Waals surface area (Å²) in [6.07, 6.45) is 0. The fourth-order valence-corrected chi connectivity index (χ4v) is 4.48. The highest BCUT2D eigenvalue weighted by Gasteiger charge is 2.40. The molecular formula is C18H18FN3OS2. The highest BCUT2D eigenvalue weighted by molar-refractivity contribution is 7.13. The third-order valence-corrected chi connectivity index (χ3v) is 5.79. The van der Waals surface area contributed by atoms with Crippen molar-refractivity contribution in [1.82, 2.24) is 10.2 Å². The second-order valence-electron chi connectivity index (χ2n) is 6.36. The van der Waals surface area contributed by atoms with E-state index in [1.807, 2.05) is 39.0 Å². The highest BCUT2D eigenvalue weighted by atomic mass is 32.1. The summed E-state index contributed by atoms with van der Waals surface area (Å²) in [6, 6.07) is 10.5. The van der Waals surface area contributed by atoms with Crippen molar-refractivity contribution in [2.75, 3.05) is 5.32 Å². The SMILES string of the molecule is Cc1ccc(C(c2cccc(F)c2)C(C)(C)C(=O)Nc2nncs2)s1. The second kappa shape index (κ2) is 7.01. The van der Waals surface area contributed by atoms with E-state index in [9.17, 15) is 9.18 Å². The molecule has 1 amide bonds. The number of aryl methyl sites for hydroxylation is 1. The van der Waals surface area contributed by atoms with Gasteiger partial charge in [-0.05, 0) is 36.8 Å². The topological polar surface area (TPSA) is 54.9 Å². The molecule has 0 saturated carbocycles. The van der Waals surface area contributed by atoms with E-state index in [-0.39, 0.29) is 17.6 Å². The first kappa shape index (κ1) is 17.7. The van der Waals surface area contributed by atoms with E-state index in [4.69, 9.17) is 0 Å². The summed E-state index contributed by atoms with van der Waals surface area (Å²) in [5, 5.41) is 10.9. The lowest BCUT2D eigenvalue weighted by Gasteiger charge is -2.32. The van der Waals surface area contributed by atoms with E-state index < -0.39 is 5.41 Å². The molecule has 0 aliphatic heterocycles. The molecule has 7 heteroatoms. The Hall–Kier alpha value is -2.12. The summed E-state index contributed by atoms with van der Waals surface area (Å²) in [5.74, 6) is -0.754. The van der Waals surface area contributed by atoms with Crippen molar-refractivity contribution in [3.8, 4) is 0 Å². The number of nitrogens with one attached hydrogen (secondary N) is 1. The number of anilines is 1. The Kier molecular flexibility index (Phi) is 4.96. The zero-order valence-corrected chi connectivity index (χ0v) is 15.7. The number of benzene rings is 1. The lowest BCUT2D eigenvalue weighted by Crippen LogP contribution is -2.36.